The van der Waals surface area contributed by atoms with Crippen LogP contribution in [0.4, 0.5) is 0 Å². The van der Waals surface area contributed by atoms with E-state index in [0.717, 1.165) is 29.4 Å². The van der Waals surface area contributed by atoms with E-state index < -0.39 is 0 Å². The predicted octanol–water partition coefficient (Wildman–Crippen LogP) is 2.07. The molecule has 0 saturated carbocycles. The number of benzene rings is 1. The van der Waals surface area contributed by atoms with Gasteiger partial charge in [0.1, 0.15) is 5.75 Å². The number of hydrogen-bond acceptors (Lipinski definition) is 3. The average molecular weight is 315 g/mol. The largest absolute Gasteiger partial charge is 0.494 e. The van der Waals surface area contributed by atoms with Crippen molar-refractivity contribution in [3.05, 3.63) is 47.8 Å². The van der Waals surface area contributed by atoms with Gasteiger partial charge >= 0.3 is 0 Å². The lowest BCUT2D eigenvalue weighted by Crippen LogP contribution is -2.36. The van der Waals surface area contributed by atoms with Crippen LogP contribution in [0.15, 0.2) is 41.7 Å². The average Bonchev–Trinajstić information content (AvgIpc) is 2.97. The summed E-state index contributed by atoms with van der Waals surface area (Å²) in [7, 11) is 1.90. The van der Waals surface area contributed by atoms with Gasteiger partial charge in [0.25, 0.3) is 0 Å². The molecule has 23 heavy (non-hydrogen) atoms. The van der Waals surface area contributed by atoms with Crippen LogP contribution in [-0.4, -0.2) is 28.9 Å². The number of ether oxygens (including phenoxy) is 1. The zero-order valence-electron chi connectivity index (χ0n) is 14.0. The van der Waals surface area contributed by atoms with Gasteiger partial charge in [0.2, 0.25) is 0 Å². The summed E-state index contributed by atoms with van der Waals surface area (Å²) < 4.78 is 7.43. The normalized spacial score (nSPS) is 11.3. The maximum absolute atomic E-state index is 5.65. The number of nitrogens with zero attached hydrogens (tertiary/aromatic N) is 3. The molecule has 1 heterocycles. The number of rotatable bonds is 7. The molecule has 6 heteroatoms. The second kappa shape index (κ2) is 8.82. The summed E-state index contributed by atoms with van der Waals surface area (Å²) in [4.78, 5) is 4.59. The smallest absolute Gasteiger partial charge is 0.191 e. The van der Waals surface area contributed by atoms with E-state index >= 15 is 0 Å². The summed E-state index contributed by atoms with van der Waals surface area (Å²) in [6.07, 6.45) is 3.80. The highest BCUT2D eigenvalue weighted by Gasteiger charge is 2.04. The second-order valence-electron chi connectivity index (χ2n) is 5.11. The minimum atomic E-state index is 0.594. The Bertz CT molecular complexity index is 635. The van der Waals surface area contributed by atoms with Gasteiger partial charge < -0.3 is 15.4 Å². The van der Waals surface area contributed by atoms with Gasteiger partial charge in [-0.2, -0.15) is 5.10 Å². The first kappa shape index (κ1) is 16.9. The topological polar surface area (TPSA) is 63.5 Å². The van der Waals surface area contributed by atoms with Crippen LogP contribution in [0.25, 0.3) is 0 Å². The standard InChI is InChI=1S/C17H25N5O/c1-4-18-17(19-10-14-11-21-22(3)13-14)20-12-15-8-6-7-9-16(15)23-5-2/h6-9,11,13H,4-5,10,12H2,1-3H3,(H2,18,19,20). The van der Waals surface area contributed by atoms with E-state index in [2.05, 4.69) is 33.7 Å². The van der Waals surface area contributed by atoms with Crippen molar-refractivity contribution in [3.63, 3.8) is 0 Å². The molecule has 0 aliphatic rings. The Hall–Kier alpha value is -2.50. The number of aromatic nitrogens is 2. The van der Waals surface area contributed by atoms with Crippen molar-refractivity contribution in [2.45, 2.75) is 26.9 Å². The van der Waals surface area contributed by atoms with Crippen molar-refractivity contribution in [2.24, 2.45) is 12.0 Å². The molecule has 0 saturated heterocycles. The molecule has 0 fully saturated rings. The first-order valence-corrected chi connectivity index (χ1v) is 7.93. The predicted molar refractivity (Wildman–Crippen MR) is 92.5 cm³/mol. The monoisotopic (exact) mass is 315 g/mol. The molecular formula is C17H25N5O. The number of nitrogens with one attached hydrogen (secondary N) is 2. The summed E-state index contributed by atoms with van der Waals surface area (Å²) in [6, 6.07) is 8.04. The maximum Gasteiger partial charge on any atom is 0.191 e. The summed E-state index contributed by atoms with van der Waals surface area (Å²) in [5.74, 6) is 1.69. The molecular weight excluding hydrogens is 290 g/mol. The number of aryl methyl sites for hydroxylation is 1. The molecule has 0 aliphatic carbocycles. The first-order chi connectivity index (χ1) is 11.2. The fourth-order valence-corrected chi connectivity index (χ4v) is 2.19. The number of para-hydroxylation sites is 1. The van der Waals surface area contributed by atoms with E-state index in [0.29, 0.717) is 19.7 Å². The molecule has 0 radical (unpaired) electrons. The highest BCUT2D eigenvalue weighted by molar-refractivity contribution is 5.79. The van der Waals surface area contributed by atoms with E-state index in [1.54, 1.807) is 4.68 Å². The molecule has 1 aromatic carbocycles. The van der Waals surface area contributed by atoms with Crippen molar-refractivity contribution in [3.8, 4) is 5.75 Å². The van der Waals surface area contributed by atoms with Crippen LogP contribution < -0.4 is 15.4 Å². The molecule has 0 amide bonds. The van der Waals surface area contributed by atoms with E-state index in [9.17, 15) is 0 Å². The van der Waals surface area contributed by atoms with Gasteiger partial charge in [0, 0.05) is 37.5 Å². The van der Waals surface area contributed by atoms with Crippen molar-refractivity contribution in [2.75, 3.05) is 13.2 Å². The highest BCUT2D eigenvalue weighted by atomic mass is 16.5. The van der Waals surface area contributed by atoms with Crippen LogP contribution in [0.3, 0.4) is 0 Å². The molecule has 0 aliphatic heterocycles. The van der Waals surface area contributed by atoms with E-state index in [1.165, 1.54) is 0 Å². The lowest BCUT2D eigenvalue weighted by atomic mass is 10.2. The Balaban J connectivity index is 1.99. The second-order valence-corrected chi connectivity index (χ2v) is 5.11. The van der Waals surface area contributed by atoms with Crippen LogP contribution in [0.5, 0.6) is 5.75 Å². The minimum Gasteiger partial charge on any atom is -0.494 e. The lowest BCUT2D eigenvalue weighted by Gasteiger charge is -2.14. The molecule has 0 atom stereocenters. The molecule has 0 spiro atoms. The summed E-state index contributed by atoms with van der Waals surface area (Å²) in [6.45, 7) is 6.77. The Morgan fingerprint density at radius 3 is 2.78 bits per heavy atom. The Morgan fingerprint density at radius 2 is 2.09 bits per heavy atom. The molecule has 2 rings (SSSR count). The summed E-state index contributed by atoms with van der Waals surface area (Å²) >= 11 is 0. The third-order valence-corrected chi connectivity index (χ3v) is 3.24. The van der Waals surface area contributed by atoms with Crippen molar-refractivity contribution in [1.82, 2.24) is 20.4 Å². The fraction of sp³-hybridized carbons (Fsp3) is 0.412. The number of aliphatic imine (C=N–C) groups is 1. The van der Waals surface area contributed by atoms with Crippen molar-refractivity contribution in [1.29, 1.82) is 0 Å². The molecule has 0 unspecified atom stereocenters. The van der Waals surface area contributed by atoms with Crippen LogP contribution in [0, 0.1) is 0 Å². The molecule has 0 bridgehead atoms. The lowest BCUT2D eigenvalue weighted by molar-refractivity contribution is 0.336. The zero-order valence-corrected chi connectivity index (χ0v) is 14.0. The van der Waals surface area contributed by atoms with Gasteiger partial charge in [-0.25, -0.2) is 4.99 Å². The minimum absolute atomic E-state index is 0.594. The Morgan fingerprint density at radius 1 is 1.26 bits per heavy atom. The van der Waals surface area contributed by atoms with Crippen molar-refractivity contribution < 1.29 is 4.74 Å². The van der Waals surface area contributed by atoms with Gasteiger partial charge in [0.05, 0.1) is 19.3 Å². The van der Waals surface area contributed by atoms with Crippen LogP contribution in [-0.2, 0) is 20.1 Å². The fourth-order valence-electron chi connectivity index (χ4n) is 2.19. The molecule has 2 aromatic rings. The van der Waals surface area contributed by atoms with Crippen molar-refractivity contribution >= 4 is 5.96 Å². The molecule has 1 aromatic heterocycles. The third-order valence-electron chi connectivity index (χ3n) is 3.24. The van der Waals surface area contributed by atoms with Crippen LogP contribution >= 0.6 is 0 Å². The summed E-state index contributed by atoms with van der Waals surface area (Å²) in [5, 5.41) is 10.8. The number of hydrogen-bond donors (Lipinski definition) is 2. The van der Waals surface area contributed by atoms with Gasteiger partial charge in [-0.05, 0) is 19.9 Å². The molecule has 2 N–H and O–H groups in total. The van der Waals surface area contributed by atoms with Crippen LogP contribution in [0.2, 0.25) is 0 Å². The van der Waals surface area contributed by atoms with Gasteiger partial charge in [-0.1, -0.05) is 18.2 Å². The van der Waals surface area contributed by atoms with Crippen LogP contribution in [0.1, 0.15) is 25.0 Å². The molecule has 6 nitrogen and oxygen atoms in total. The molecule has 124 valence electrons. The Kier molecular flexibility index (Phi) is 6.47. The SMILES string of the molecule is CCNC(=NCc1cnn(C)c1)NCc1ccccc1OCC. The van der Waals surface area contributed by atoms with E-state index in [4.69, 9.17) is 4.74 Å². The van der Waals surface area contributed by atoms with Gasteiger partial charge in [0.15, 0.2) is 5.96 Å². The summed E-state index contributed by atoms with van der Waals surface area (Å²) in [5.41, 5.74) is 2.20. The zero-order chi connectivity index (χ0) is 16.5. The van der Waals surface area contributed by atoms with E-state index in [1.807, 2.05) is 44.6 Å². The third kappa shape index (κ3) is 5.32. The van der Waals surface area contributed by atoms with Gasteiger partial charge in [-0.15, -0.1) is 0 Å². The first-order valence-electron chi connectivity index (χ1n) is 7.93. The quantitative estimate of drug-likeness (QED) is 0.606. The maximum atomic E-state index is 5.65. The van der Waals surface area contributed by atoms with Gasteiger partial charge in [-0.3, -0.25) is 4.68 Å². The van der Waals surface area contributed by atoms with E-state index in [-0.39, 0.29) is 0 Å². The highest BCUT2D eigenvalue weighted by Crippen LogP contribution is 2.17. The number of guanidine groups is 1. The Labute approximate surface area is 137 Å².